The van der Waals surface area contributed by atoms with E-state index in [-0.39, 0.29) is 5.71 Å². The third-order valence-electron chi connectivity index (χ3n) is 6.68. The fourth-order valence-electron chi connectivity index (χ4n) is 4.53. The number of H-pyrrole nitrogens is 2. The van der Waals surface area contributed by atoms with E-state index in [0.29, 0.717) is 30.2 Å². The predicted octanol–water partition coefficient (Wildman–Crippen LogP) is 5.81. The predicted molar refractivity (Wildman–Crippen MR) is 161 cm³/mol. The molecule has 0 aliphatic carbocycles. The first-order valence-electron chi connectivity index (χ1n) is 13.7. The Morgan fingerprint density at radius 2 is 1.57 bits per heavy atom. The molecule has 10 nitrogen and oxygen atoms in total. The number of nitrogens with one attached hydrogen (secondary N) is 4. The number of hydrogen-bond acceptors (Lipinski definition) is 7. The van der Waals surface area contributed by atoms with Crippen molar-refractivity contribution in [3.05, 3.63) is 71.6 Å². The minimum Gasteiger partial charge on any atom is -0.477 e. The molecule has 0 radical (unpaired) electrons. The van der Waals surface area contributed by atoms with Gasteiger partial charge in [0.05, 0.1) is 29.1 Å². The zero-order valence-corrected chi connectivity index (χ0v) is 24.3. The van der Waals surface area contributed by atoms with Crippen LogP contribution in [-0.4, -0.2) is 54.0 Å². The molecule has 4 rings (SSSR count). The Morgan fingerprint density at radius 3 is 2.19 bits per heavy atom. The van der Waals surface area contributed by atoms with Gasteiger partial charge in [0, 0.05) is 5.56 Å². The summed E-state index contributed by atoms with van der Waals surface area (Å²) in [5, 5.41) is 25.3. The number of carbonyl (C=O) groups excluding carboxylic acids is 1. The SMILES string of the molecule is CC[C@@H](C(=N)C(=O)O)c1ncc(C#Cc2ccc(-c3ccc4nc([C@@H](CC)C(=N)C(=O)OC(C)(C)C)[nH]c4c3)cc2)[nH]1. The van der Waals surface area contributed by atoms with Gasteiger partial charge in [0.15, 0.2) is 0 Å². The van der Waals surface area contributed by atoms with Gasteiger partial charge in [0.1, 0.15) is 34.4 Å². The molecule has 0 saturated carbocycles. The highest BCUT2D eigenvalue weighted by atomic mass is 16.6. The number of carbonyl (C=O) groups is 2. The first kappa shape index (κ1) is 29.9. The molecule has 0 fully saturated rings. The van der Waals surface area contributed by atoms with Gasteiger partial charge in [0.2, 0.25) is 0 Å². The monoisotopic (exact) mass is 566 g/mol. The van der Waals surface area contributed by atoms with Gasteiger partial charge >= 0.3 is 11.9 Å². The Hall–Kier alpha value is -5.04. The molecule has 0 aliphatic heterocycles. The molecule has 0 unspecified atom stereocenters. The van der Waals surface area contributed by atoms with Gasteiger partial charge in [-0.05, 0) is 74.9 Å². The summed E-state index contributed by atoms with van der Waals surface area (Å²) in [5.41, 5.74) is 3.62. The first-order chi connectivity index (χ1) is 19.9. The third-order valence-corrected chi connectivity index (χ3v) is 6.68. The Labute approximate surface area is 244 Å². The van der Waals surface area contributed by atoms with Crippen LogP contribution in [0.1, 0.15) is 82.2 Å². The van der Waals surface area contributed by atoms with Crippen LogP contribution in [0.3, 0.4) is 0 Å². The maximum atomic E-state index is 12.5. The number of nitrogens with zero attached hydrogens (tertiary/aromatic N) is 2. The van der Waals surface area contributed by atoms with E-state index in [4.69, 9.17) is 20.7 Å². The molecule has 4 aromatic rings. The second-order valence-corrected chi connectivity index (χ2v) is 10.9. The number of carboxylic acids is 1. The number of aliphatic carboxylic acids is 1. The highest BCUT2D eigenvalue weighted by Crippen LogP contribution is 2.27. The molecule has 2 aromatic carbocycles. The number of fused-ring (bicyclic) bond motifs is 1. The summed E-state index contributed by atoms with van der Waals surface area (Å²) >= 11 is 0. The number of imidazole rings is 2. The second-order valence-electron chi connectivity index (χ2n) is 10.9. The van der Waals surface area contributed by atoms with Crippen LogP contribution < -0.4 is 0 Å². The summed E-state index contributed by atoms with van der Waals surface area (Å²) in [4.78, 5) is 38.9. The smallest absolute Gasteiger partial charge is 0.353 e. The van der Waals surface area contributed by atoms with Crippen molar-refractivity contribution in [3.63, 3.8) is 0 Å². The average molecular weight is 567 g/mol. The van der Waals surface area contributed by atoms with Crippen LogP contribution in [0, 0.1) is 22.7 Å². The van der Waals surface area contributed by atoms with Gasteiger partial charge < -0.3 is 19.8 Å². The van der Waals surface area contributed by atoms with Crippen molar-refractivity contribution in [2.75, 3.05) is 0 Å². The third kappa shape index (κ3) is 6.81. The zero-order chi connectivity index (χ0) is 30.6. The van der Waals surface area contributed by atoms with E-state index in [0.717, 1.165) is 27.7 Å². The summed E-state index contributed by atoms with van der Waals surface area (Å²) in [6.07, 6.45) is 2.51. The van der Waals surface area contributed by atoms with E-state index in [9.17, 15) is 9.59 Å². The van der Waals surface area contributed by atoms with Gasteiger partial charge in [-0.25, -0.2) is 19.6 Å². The number of carboxylic acid groups (broad SMARTS) is 1. The maximum Gasteiger partial charge on any atom is 0.353 e. The fraction of sp³-hybridized carbons (Fsp3) is 0.312. The van der Waals surface area contributed by atoms with Crippen LogP contribution in [0.2, 0.25) is 0 Å². The second kappa shape index (κ2) is 12.2. The van der Waals surface area contributed by atoms with E-state index in [2.05, 4.69) is 31.8 Å². The van der Waals surface area contributed by atoms with Crippen molar-refractivity contribution in [1.29, 1.82) is 10.8 Å². The van der Waals surface area contributed by atoms with Crippen LogP contribution in [0.4, 0.5) is 0 Å². The molecule has 216 valence electrons. The molecule has 0 bridgehead atoms. The van der Waals surface area contributed by atoms with Gasteiger partial charge in [0.25, 0.3) is 0 Å². The van der Waals surface area contributed by atoms with Gasteiger partial charge in [-0.15, -0.1) is 0 Å². The Morgan fingerprint density at radius 1 is 0.929 bits per heavy atom. The zero-order valence-electron chi connectivity index (χ0n) is 24.3. The largest absolute Gasteiger partial charge is 0.477 e. The number of aromatic amines is 2. The van der Waals surface area contributed by atoms with Crippen molar-refractivity contribution in [1.82, 2.24) is 19.9 Å². The highest BCUT2D eigenvalue weighted by Gasteiger charge is 2.28. The minimum atomic E-state index is -1.26. The lowest BCUT2D eigenvalue weighted by Gasteiger charge is -2.21. The number of aromatic nitrogens is 4. The molecule has 0 amide bonds. The minimum absolute atomic E-state index is 0.125. The molecule has 0 spiro atoms. The molecular formula is C32H34N6O4. The lowest BCUT2D eigenvalue weighted by Crippen LogP contribution is -2.31. The molecule has 2 atom stereocenters. The van der Waals surface area contributed by atoms with Crippen molar-refractivity contribution < 1.29 is 19.4 Å². The van der Waals surface area contributed by atoms with E-state index in [1.807, 2.05) is 49.4 Å². The summed E-state index contributed by atoms with van der Waals surface area (Å²) in [7, 11) is 0. The molecule has 2 heterocycles. The molecular weight excluding hydrogens is 532 g/mol. The van der Waals surface area contributed by atoms with Gasteiger partial charge in [-0.1, -0.05) is 38.0 Å². The Kier molecular flexibility index (Phi) is 8.71. The Balaban J connectivity index is 1.50. The molecule has 10 heteroatoms. The standard InChI is InChI=1S/C32H34N6O4/c1-6-22(26(33)30(39)40)28-35-17-21(36-28)14-10-18-8-11-19(12-9-18)20-13-15-24-25(16-20)38-29(37-24)23(7-2)27(34)31(41)42-32(3,4)5/h8-9,11-13,15-17,22-23,33-34H,6-7H2,1-5H3,(H,35,36)(H,37,38)(H,39,40)/t22-,23-/m0/s1. The molecule has 2 aromatic heterocycles. The summed E-state index contributed by atoms with van der Waals surface area (Å²) in [6.45, 7) is 9.04. The summed E-state index contributed by atoms with van der Waals surface area (Å²) < 4.78 is 5.39. The normalized spacial score (nSPS) is 12.7. The molecule has 5 N–H and O–H groups in total. The summed E-state index contributed by atoms with van der Waals surface area (Å²) in [5.74, 6) is 4.03. The number of hydrogen-bond donors (Lipinski definition) is 5. The number of ether oxygens (including phenoxy) is 1. The number of esters is 1. The van der Waals surface area contributed by atoms with Gasteiger partial charge in [-0.2, -0.15) is 0 Å². The number of rotatable bonds is 9. The first-order valence-corrected chi connectivity index (χ1v) is 13.7. The van der Waals surface area contributed by atoms with Crippen LogP contribution >= 0.6 is 0 Å². The van der Waals surface area contributed by atoms with E-state index in [1.165, 1.54) is 0 Å². The van der Waals surface area contributed by atoms with Crippen LogP contribution in [0.15, 0.2) is 48.7 Å². The quantitative estimate of drug-likeness (QED) is 0.0973. The molecule has 0 saturated heterocycles. The molecule has 0 aliphatic rings. The van der Waals surface area contributed by atoms with Crippen molar-refractivity contribution in [2.24, 2.45) is 0 Å². The fourth-order valence-corrected chi connectivity index (χ4v) is 4.53. The van der Waals surface area contributed by atoms with Gasteiger partial charge in [-0.3, -0.25) is 10.8 Å². The lowest BCUT2D eigenvalue weighted by molar-refractivity contribution is -0.146. The van der Waals surface area contributed by atoms with Crippen molar-refractivity contribution in [3.8, 4) is 23.0 Å². The highest BCUT2D eigenvalue weighted by molar-refractivity contribution is 6.37. The van der Waals surface area contributed by atoms with Crippen molar-refractivity contribution >= 4 is 34.4 Å². The average Bonchev–Trinajstić information content (AvgIpc) is 3.58. The van der Waals surface area contributed by atoms with E-state index < -0.39 is 35.1 Å². The van der Waals surface area contributed by atoms with Crippen LogP contribution in [0.5, 0.6) is 0 Å². The van der Waals surface area contributed by atoms with E-state index in [1.54, 1.807) is 33.9 Å². The lowest BCUT2D eigenvalue weighted by atomic mass is 9.99. The Bertz CT molecular complexity index is 1710. The maximum absolute atomic E-state index is 12.5. The van der Waals surface area contributed by atoms with E-state index >= 15 is 0 Å². The topological polar surface area (TPSA) is 169 Å². The molecule has 42 heavy (non-hydrogen) atoms. The van der Waals surface area contributed by atoms with Crippen molar-refractivity contribution in [2.45, 2.75) is 64.9 Å². The summed E-state index contributed by atoms with van der Waals surface area (Å²) in [6, 6.07) is 13.6. The van der Waals surface area contributed by atoms with Crippen LogP contribution in [0.25, 0.3) is 22.2 Å². The van der Waals surface area contributed by atoms with Crippen LogP contribution in [-0.2, 0) is 14.3 Å². The number of benzene rings is 2.